The molecule has 2 rings (SSSR count). The van der Waals surface area contributed by atoms with Crippen molar-refractivity contribution < 1.29 is 22.9 Å². The van der Waals surface area contributed by atoms with Gasteiger partial charge in [0.25, 0.3) is 11.6 Å². The molecule has 146 valence electrons. The fourth-order valence-corrected chi connectivity index (χ4v) is 2.61. The van der Waals surface area contributed by atoms with Crippen molar-refractivity contribution in [3.8, 4) is 0 Å². The van der Waals surface area contributed by atoms with E-state index in [0.29, 0.717) is 11.9 Å². The highest BCUT2D eigenvalue weighted by atomic mass is 79.9. The normalized spacial score (nSPS) is 12.1. The summed E-state index contributed by atoms with van der Waals surface area (Å²) in [6, 6.07) is 1.53. The maximum absolute atomic E-state index is 13.3. The number of nitrogens with one attached hydrogen (secondary N) is 1. The minimum Gasteiger partial charge on any atom is -0.313 e. The average Bonchev–Trinajstić information content (AvgIpc) is 2.89. The van der Waals surface area contributed by atoms with Gasteiger partial charge in [-0.3, -0.25) is 14.9 Å². The molecule has 0 fully saturated rings. The van der Waals surface area contributed by atoms with E-state index in [2.05, 4.69) is 26.0 Å². The first-order chi connectivity index (χ1) is 12.2. The molecule has 1 aromatic heterocycles. The molecular weight excluding hydrogens is 435 g/mol. The quantitative estimate of drug-likeness (QED) is 0.562. The van der Waals surface area contributed by atoms with Gasteiger partial charge in [0.05, 0.1) is 10.5 Å². The van der Waals surface area contributed by atoms with E-state index in [9.17, 15) is 28.1 Å². The first kappa shape index (κ1) is 20.8. The van der Waals surface area contributed by atoms with Crippen molar-refractivity contribution in [3.63, 3.8) is 0 Å². The molecule has 0 aliphatic rings. The summed E-state index contributed by atoms with van der Waals surface area (Å²) in [7, 11) is 1.40. The Bertz CT molecular complexity index is 919. The number of anilines is 1. The number of nitro groups is 1. The number of hydrogen-bond donors (Lipinski definition) is 1. The molecule has 0 bridgehead atoms. The number of aromatic nitrogens is 3. The number of amides is 1. The van der Waals surface area contributed by atoms with Crippen molar-refractivity contribution in [1.82, 2.24) is 14.8 Å². The number of hydrogen-bond acceptors (Lipinski definition) is 5. The van der Waals surface area contributed by atoms with Gasteiger partial charge in [-0.05, 0) is 6.07 Å². The Balaban J connectivity index is 2.55. The number of alkyl halides is 3. The third kappa shape index (κ3) is 4.43. The van der Waals surface area contributed by atoms with E-state index in [4.69, 9.17) is 0 Å². The first-order valence-electron chi connectivity index (χ1n) is 7.50. The summed E-state index contributed by atoms with van der Waals surface area (Å²) in [5.74, 6) is -1.02. The lowest BCUT2D eigenvalue weighted by molar-refractivity contribution is -0.384. The predicted octanol–water partition coefficient (Wildman–Crippen LogP) is 4.05. The Morgan fingerprint density at radius 1 is 1.30 bits per heavy atom. The van der Waals surface area contributed by atoms with Crippen molar-refractivity contribution >= 4 is 33.2 Å². The van der Waals surface area contributed by atoms with Gasteiger partial charge >= 0.3 is 6.18 Å². The van der Waals surface area contributed by atoms with Crippen molar-refractivity contribution in [2.75, 3.05) is 5.32 Å². The van der Waals surface area contributed by atoms with Crippen LogP contribution in [0.2, 0.25) is 0 Å². The van der Waals surface area contributed by atoms with Crippen molar-refractivity contribution in [2.45, 2.75) is 32.4 Å². The fourth-order valence-electron chi connectivity index (χ4n) is 2.16. The van der Waals surface area contributed by atoms with Gasteiger partial charge in [0.1, 0.15) is 5.69 Å². The molecule has 1 N–H and O–H groups in total. The number of nitrogens with zero attached hydrogens (tertiary/aromatic N) is 4. The smallest absolute Gasteiger partial charge is 0.313 e. The van der Waals surface area contributed by atoms with E-state index in [0.717, 1.165) is 10.7 Å². The molecule has 0 saturated heterocycles. The van der Waals surface area contributed by atoms with Crippen LogP contribution in [0.3, 0.4) is 0 Å². The van der Waals surface area contributed by atoms with Crippen molar-refractivity contribution in [2.24, 2.45) is 7.05 Å². The van der Waals surface area contributed by atoms with E-state index in [-0.39, 0.29) is 10.3 Å². The summed E-state index contributed by atoms with van der Waals surface area (Å²) in [6.45, 7) is 5.39. The maximum Gasteiger partial charge on any atom is 0.418 e. The van der Waals surface area contributed by atoms with Gasteiger partial charge in [-0.25, -0.2) is 9.67 Å². The predicted molar refractivity (Wildman–Crippen MR) is 93.5 cm³/mol. The lowest BCUT2D eigenvalue weighted by Crippen LogP contribution is -2.21. The molecule has 0 aliphatic heterocycles. The van der Waals surface area contributed by atoms with Crippen LogP contribution in [-0.2, 0) is 18.6 Å². The van der Waals surface area contributed by atoms with E-state index in [1.807, 2.05) is 5.32 Å². The lowest BCUT2D eigenvalue weighted by Gasteiger charge is -2.14. The molecule has 0 unspecified atom stereocenters. The minimum atomic E-state index is -4.92. The second-order valence-electron chi connectivity index (χ2n) is 6.69. The number of halogens is 4. The monoisotopic (exact) mass is 449 g/mol. The number of nitro benzene ring substituents is 1. The highest BCUT2D eigenvalue weighted by molar-refractivity contribution is 9.10. The number of benzene rings is 1. The van der Waals surface area contributed by atoms with E-state index < -0.39 is 39.4 Å². The first-order valence-corrected chi connectivity index (χ1v) is 8.29. The summed E-state index contributed by atoms with van der Waals surface area (Å²) in [5.41, 5.74) is -3.71. The maximum atomic E-state index is 13.3. The summed E-state index contributed by atoms with van der Waals surface area (Å²) < 4.78 is 41.0. The van der Waals surface area contributed by atoms with Gasteiger partial charge in [-0.1, -0.05) is 36.7 Å². The Morgan fingerprint density at radius 2 is 1.89 bits per heavy atom. The minimum absolute atomic E-state index is 0.145. The Hall–Kier alpha value is -2.50. The van der Waals surface area contributed by atoms with Gasteiger partial charge in [-0.15, -0.1) is 0 Å². The molecular formula is C15H15BrF3N5O3. The Labute approximate surface area is 160 Å². The molecule has 1 amide bonds. The zero-order valence-corrected chi connectivity index (χ0v) is 16.3. The molecule has 1 aromatic carbocycles. The van der Waals surface area contributed by atoms with Gasteiger partial charge in [0.15, 0.2) is 5.82 Å². The number of carbonyl (C=O) groups is 1. The van der Waals surface area contributed by atoms with Gasteiger partial charge < -0.3 is 5.32 Å². The number of carbonyl (C=O) groups excluding carboxylic acids is 1. The third-order valence-corrected chi connectivity index (χ3v) is 3.92. The average molecular weight is 450 g/mol. The molecule has 0 spiro atoms. The molecule has 1 heterocycles. The summed E-state index contributed by atoms with van der Waals surface area (Å²) in [6.07, 6.45) is -4.92. The van der Waals surface area contributed by atoms with Gasteiger partial charge in [0.2, 0.25) is 5.82 Å². The fraction of sp³-hybridized carbons (Fsp3) is 0.400. The van der Waals surface area contributed by atoms with Crippen LogP contribution in [0, 0.1) is 10.1 Å². The zero-order valence-electron chi connectivity index (χ0n) is 14.7. The second kappa shape index (κ2) is 6.91. The van der Waals surface area contributed by atoms with E-state index in [1.54, 1.807) is 20.8 Å². The highest BCUT2D eigenvalue weighted by Gasteiger charge is 2.38. The van der Waals surface area contributed by atoms with Crippen LogP contribution < -0.4 is 5.32 Å². The van der Waals surface area contributed by atoms with E-state index in [1.165, 1.54) is 7.05 Å². The van der Waals surface area contributed by atoms with Crippen LogP contribution in [0.25, 0.3) is 0 Å². The topological polar surface area (TPSA) is 103 Å². The van der Waals surface area contributed by atoms with Gasteiger partial charge in [-0.2, -0.15) is 18.3 Å². The van der Waals surface area contributed by atoms with Crippen LogP contribution in [0.15, 0.2) is 16.6 Å². The van der Waals surface area contributed by atoms with Crippen molar-refractivity contribution in [3.05, 3.63) is 43.9 Å². The molecule has 0 radical (unpaired) electrons. The summed E-state index contributed by atoms with van der Waals surface area (Å²) >= 11 is 2.81. The summed E-state index contributed by atoms with van der Waals surface area (Å²) in [5, 5.41) is 17.2. The number of rotatable bonds is 3. The van der Waals surface area contributed by atoms with Crippen LogP contribution in [0.1, 0.15) is 42.8 Å². The molecule has 0 aliphatic carbocycles. The van der Waals surface area contributed by atoms with Crippen LogP contribution in [0.4, 0.5) is 24.5 Å². The van der Waals surface area contributed by atoms with Crippen LogP contribution in [-0.4, -0.2) is 25.6 Å². The Morgan fingerprint density at radius 3 is 2.33 bits per heavy atom. The zero-order chi connectivity index (χ0) is 20.7. The molecule has 0 saturated carbocycles. The molecule has 12 heteroatoms. The molecule has 0 atom stereocenters. The largest absolute Gasteiger partial charge is 0.418 e. The van der Waals surface area contributed by atoms with Crippen molar-refractivity contribution in [1.29, 1.82) is 0 Å². The van der Waals surface area contributed by atoms with Gasteiger partial charge in [0, 0.05) is 23.0 Å². The Kier molecular flexibility index (Phi) is 5.32. The summed E-state index contributed by atoms with van der Waals surface area (Å²) in [4.78, 5) is 26.7. The SMILES string of the molecule is Cn1nc(C(C)(C)C)nc1C(=O)Nc1c([N+](=O)[O-])cc(Br)cc1C(F)(F)F. The standard InChI is InChI=1S/C15H15BrF3N5O3/c1-14(2,3)13-21-11(23(4)22-13)12(25)20-10-8(15(17,18)19)5-7(16)6-9(10)24(26)27/h5-6H,1-4H3,(H,20,25). The molecule has 8 nitrogen and oxygen atoms in total. The molecule has 27 heavy (non-hydrogen) atoms. The number of aryl methyl sites for hydroxylation is 1. The highest BCUT2D eigenvalue weighted by Crippen LogP contribution is 2.42. The third-order valence-electron chi connectivity index (χ3n) is 3.46. The van der Waals surface area contributed by atoms with Crippen LogP contribution >= 0.6 is 15.9 Å². The lowest BCUT2D eigenvalue weighted by atomic mass is 9.96. The molecule has 2 aromatic rings. The van der Waals surface area contributed by atoms with Crippen LogP contribution in [0.5, 0.6) is 0 Å². The second-order valence-corrected chi connectivity index (χ2v) is 7.60. The van der Waals surface area contributed by atoms with E-state index >= 15 is 0 Å².